The molecule has 0 aliphatic rings. The van der Waals surface area contributed by atoms with Crippen molar-refractivity contribution in [3.05, 3.63) is 59.4 Å². The Morgan fingerprint density at radius 3 is 3.05 bits per heavy atom. The molecule has 0 fully saturated rings. The summed E-state index contributed by atoms with van der Waals surface area (Å²) < 4.78 is 7.30. The average molecular weight is 276 g/mol. The van der Waals surface area contributed by atoms with E-state index in [-0.39, 0.29) is 6.04 Å². The minimum absolute atomic E-state index is 0.0787. The largest absolute Gasteiger partial charge is 0.468 e. The topological polar surface area (TPSA) is 42.5 Å². The molecule has 3 aromatic rings. The molecular weight excluding hydrogens is 262 g/mol. The van der Waals surface area contributed by atoms with E-state index in [1.165, 1.54) is 0 Å². The van der Waals surface area contributed by atoms with Gasteiger partial charge in [0.05, 0.1) is 18.5 Å². The Morgan fingerprint density at radius 2 is 2.26 bits per heavy atom. The molecule has 0 saturated carbocycles. The van der Waals surface area contributed by atoms with Crippen molar-refractivity contribution in [1.82, 2.24) is 14.7 Å². The molecule has 3 aromatic heterocycles. The maximum absolute atomic E-state index is 6.23. The van der Waals surface area contributed by atoms with Gasteiger partial charge in [0.1, 0.15) is 11.4 Å². The minimum atomic E-state index is 0.0787. The summed E-state index contributed by atoms with van der Waals surface area (Å²) in [5.41, 5.74) is 1.82. The first-order valence-corrected chi connectivity index (χ1v) is 6.52. The third-order valence-electron chi connectivity index (χ3n) is 3.09. The summed E-state index contributed by atoms with van der Waals surface area (Å²) in [7, 11) is 0. The normalized spacial score (nSPS) is 12.9. The standard InChI is InChI=1S/C14H14ClN3O/c1-10(16-9-11-5-4-8-19-11)13-14(15)17-12-6-2-3-7-18(12)13/h2-8,10,16H,9H2,1H3/t10-/m1/s1. The molecule has 0 aliphatic carbocycles. The van der Waals surface area contributed by atoms with E-state index in [1.54, 1.807) is 6.26 Å². The van der Waals surface area contributed by atoms with Crippen molar-refractivity contribution < 1.29 is 4.42 Å². The van der Waals surface area contributed by atoms with Crippen molar-refractivity contribution in [2.24, 2.45) is 0 Å². The van der Waals surface area contributed by atoms with Gasteiger partial charge in [0.25, 0.3) is 0 Å². The maximum Gasteiger partial charge on any atom is 0.152 e. The Kier molecular flexibility index (Phi) is 3.27. The molecule has 4 nitrogen and oxygen atoms in total. The Hall–Kier alpha value is -1.78. The van der Waals surface area contributed by atoms with Crippen molar-refractivity contribution in [1.29, 1.82) is 0 Å². The Labute approximate surface area is 116 Å². The first-order chi connectivity index (χ1) is 9.25. The highest BCUT2D eigenvalue weighted by Crippen LogP contribution is 2.24. The highest BCUT2D eigenvalue weighted by atomic mass is 35.5. The summed E-state index contributed by atoms with van der Waals surface area (Å²) in [6.45, 7) is 2.72. The molecule has 0 aliphatic heterocycles. The summed E-state index contributed by atoms with van der Waals surface area (Å²) in [5, 5.41) is 3.91. The second-order valence-electron chi connectivity index (χ2n) is 4.40. The molecule has 0 bridgehead atoms. The fraction of sp³-hybridized carbons (Fsp3) is 0.214. The van der Waals surface area contributed by atoms with Crippen LogP contribution in [0.25, 0.3) is 5.65 Å². The Morgan fingerprint density at radius 1 is 1.37 bits per heavy atom. The van der Waals surface area contributed by atoms with Crippen molar-refractivity contribution in [2.45, 2.75) is 19.5 Å². The van der Waals surface area contributed by atoms with Gasteiger partial charge >= 0.3 is 0 Å². The Bertz CT molecular complexity index is 675. The number of hydrogen-bond acceptors (Lipinski definition) is 3. The van der Waals surface area contributed by atoms with E-state index in [1.807, 2.05) is 40.9 Å². The van der Waals surface area contributed by atoms with Crippen LogP contribution in [0.5, 0.6) is 0 Å². The lowest BCUT2D eigenvalue weighted by Crippen LogP contribution is -2.19. The summed E-state index contributed by atoms with van der Waals surface area (Å²) in [6, 6.07) is 9.75. The fourth-order valence-electron chi connectivity index (χ4n) is 2.14. The molecule has 0 aromatic carbocycles. The van der Waals surface area contributed by atoms with Crippen molar-refractivity contribution >= 4 is 17.2 Å². The number of nitrogens with zero attached hydrogens (tertiary/aromatic N) is 2. The van der Waals surface area contributed by atoms with E-state index in [0.717, 1.165) is 17.1 Å². The zero-order valence-electron chi connectivity index (χ0n) is 10.5. The van der Waals surface area contributed by atoms with Crippen LogP contribution in [0.3, 0.4) is 0 Å². The number of nitrogens with one attached hydrogen (secondary N) is 1. The first-order valence-electron chi connectivity index (χ1n) is 6.14. The van der Waals surface area contributed by atoms with E-state index >= 15 is 0 Å². The average Bonchev–Trinajstić information content (AvgIpc) is 3.02. The number of rotatable bonds is 4. The first kappa shape index (κ1) is 12.3. The number of aromatic nitrogens is 2. The molecular formula is C14H14ClN3O. The molecule has 1 N–H and O–H groups in total. The van der Waals surface area contributed by atoms with Gasteiger partial charge in [0, 0.05) is 12.2 Å². The van der Waals surface area contributed by atoms with Gasteiger partial charge in [-0.15, -0.1) is 0 Å². The quantitative estimate of drug-likeness (QED) is 0.793. The van der Waals surface area contributed by atoms with Crippen LogP contribution in [-0.4, -0.2) is 9.38 Å². The highest BCUT2D eigenvalue weighted by molar-refractivity contribution is 6.30. The van der Waals surface area contributed by atoms with Crippen LogP contribution in [0, 0.1) is 0 Å². The van der Waals surface area contributed by atoms with Crippen molar-refractivity contribution in [3.63, 3.8) is 0 Å². The van der Waals surface area contributed by atoms with E-state index < -0.39 is 0 Å². The van der Waals surface area contributed by atoms with Gasteiger partial charge in [-0.3, -0.25) is 0 Å². The molecule has 0 unspecified atom stereocenters. The van der Waals surface area contributed by atoms with E-state index in [4.69, 9.17) is 16.0 Å². The SMILES string of the molecule is C[C@@H](NCc1ccco1)c1c(Cl)nc2ccccn12. The molecule has 3 heterocycles. The van der Waals surface area contributed by atoms with Gasteiger partial charge in [0.15, 0.2) is 5.15 Å². The second-order valence-corrected chi connectivity index (χ2v) is 4.76. The van der Waals surface area contributed by atoms with Crippen molar-refractivity contribution in [3.8, 4) is 0 Å². The van der Waals surface area contributed by atoms with E-state index in [2.05, 4.69) is 17.2 Å². The Balaban J connectivity index is 1.84. The van der Waals surface area contributed by atoms with Gasteiger partial charge in [0.2, 0.25) is 0 Å². The molecule has 0 amide bonds. The lowest BCUT2D eigenvalue weighted by atomic mass is 10.2. The summed E-state index contributed by atoms with van der Waals surface area (Å²) in [6.07, 6.45) is 3.64. The predicted octanol–water partition coefficient (Wildman–Crippen LogP) is 3.43. The van der Waals surface area contributed by atoms with Crippen LogP contribution >= 0.6 is 11.6 Å². The molecule has 0 saturated heterocycles. The molecule has 0 spiro atoms. The third kappa shape index (κ3) is 2.37. The van der Waals surface area contributed by atoms with E-state index in [9.17, 15) is 0 Å². The van der Waals surface area contributed by atoms with Crippen molar-refractivity contribution in [2.75, 3.05) is 0 Å². The van der Waals surface area contributed by atoms with Crippen LogP contribution in [0.2, 0.25) is 5.15 Å². The minimum Gasteiger partial charge on any atom is -0.468 e. The molecule has 98 valence electrons. The highest BCUT2D eigenvalue weighted by Gasteiger charge is 2.16. The van der Waals surface area contributed by atoms with Crippen LogP contribution in [-0.2, 0) is 6.54 Å². The number of furan rings is 1. The number of imidazole rings is 1. The monoisotopic (exact) mass is 275 g/mol. The lowest BCUT2D eigenvalue weighted by Gasteiger charge is -2.13. The summed E-state index contributed by atoms with van der Waals surface area (Å²) in [4.78, 5) is 4.34. The van der Waals surface area contributed by atoms with Gasteiger partial charge in [-0.05, 0) is 31.2 Å². The molecule has 5 heteroatoms. The number of hydrogen-bond donors (Lipinski definition) is 1. The van der Waals surface area contributed by atoms with Gasteiger partial charge in [-0.25, -0.2) is 4.98 Å². The lowest BCUT2D eigenvalue weighted by molar-refractivity contribution is 0.456. The molecule has 1 atom stereocenters. The smallest absolute Gasteiger partial charge is 0.152 e. The van der Waals surface area contributed by atoms with Crippen LogP contribution < -0.4 is 5.32 Å². The zero-order chi connectivity index (χ0) is 13.2. The summed E-state index contributed by atoms with van der Waals surface area (Å²) in [5.74, 6) is 0.900. The fourth-order valence-corrected chi connectivity index (χ4v) is 2.48. The number of pyridine rings is 1. The van der Waals surface area contributed by atoms with Crippen LogP contribution in [0.4, 0.5) is 0 Å². The third-order valence-corrected chi connectivity index (χ3v) is 3.37. The zero-order valence-corrected chi connectivity index (χ0v) is 11.3. The molecule has 19 heavy (non-hydrogen) atoms. The van der Waals surface area contributed by atoms with Crippen LogP contribution in [0.1, 0.15) is 24.4 Å². The van der Waals surface area contributed by atoms with Crippen LogP contribution in [0.15, 0.2) is 47.2 Å². The number of halogens is 1. The molecule has 3 rings (SSSR count). The number of fused-ring (bicyclic) bond motifs is 1. The van der Waals surface area contributed by atoms with Gasteiger partial charge in [-0.2, -0.15) is 0 Å². The second kappa shape index (κ2) is 5.07. The predicted molar refractivity (Wildman–Crippen MR) is 74.2 cm³/mol. The van der Waals surface area contributed by atoms with Gasteiger partial charge < -0.3 is 14.1 Å². The van der Waals surface area contributed by atoms with E-state index in [0.29, 0.717) is 11.7 Å². The van der Waals surface area contributed by atoms with Gasteiger partial charge in [-0.1, -0.05) is 17.7 Å². The maximum atomic E-state index is 6.23. The molecule has 0 radical (unpaired) electrons. The summed E-state index contributed by atoms with van der Waals surface area (Å²) >= 11 is 6.23.